The van der Waals surface area contributed by atoms with Gasteiger partial charge in [-0.1, -0.05) is 0 Å². The number of rotatable bonds is 2. The largest absolute Gasteiger partial charge is 0.468 e. The zero-order chi connectivity index (χ0) is 9.40. The Morgan fingerprint density at radius 1 is 1.21 bits per heavy atom. The van der Waals surface area contributed by atoms with Crippen LogP contribution in [0.1, 0.15) is 0 Å². The summed E-state index contributed by atoms with van der Waals surface area (Å²) in [4.78, 5) is 11.5. The lowest BCUT2D eigenvalue weighted by Gasteiger charge is -3.08. The fourth-order valence-corrected chi connectivity index (χ4v) is 6.47. The summed E-state index contributed by atoms with van der Waals surface area (Å²) in [7, 11) is 1.45. The highest BCUT2D eigenvalue weighted by atomic mass is 16.5. The van der Waals surface area contributed by atoms with Crippen molar-refractivity contribution < 1.29 is 9.53 Å². The summed E-state index contributed by atoms with van der Waals surface area (Å²) in [6, 6.07) is -0.308. The molecule has 0 radical (unpaired) electrons. The van der Waals surface area contributed by atoms with Gasteiger partial charge in [0, 0.05) is 5.41 Å². The molecule has 0 amide bonds. The highest BCUT2D eigenvalue weighted by Crippen LogP contribution is 3.06. The molecule has 0 saturated heterocycles. The van der Waals surface area contributed by atoms with Crippen LogP contribution in [0.3, 0.4) is 0 Å². The highest BCUT2D eigenvalue weighted by Gasteiger charge is 3.05. The fraction of sp³-hybridized carbons (Fsp3) is 0.909. The standard InChI is InChI=1S/C11H13NO2/c1-14-10(13)9(12)11-6-3-2-4(6)8(11)5(2)7(3)11/h2-9H,12H2,1H3/t2?,3?,4?,5?,6?,7?,8?,9-,11?/m1/s1. The number of ether oxygens (including phenoxy) is 1. The van der Waals surface area contributed by atoms with Crippen LogP contribution in [-0.4, -0.2) is 19.1 Å². The van der Waals surface area contributed by atoms with E-state index >= 15 is 0 Å². The number of hydrogen-bond donors (Lipinski definition) is 1. The zero-order valence-electron chi connectivity index (χ0n) is 8.01. The van der Waals surface area contributed by atoms with Gasteiger partial charge in [0.1, 0.15) is 6.04 Å². The van der Waals surface area contributed by atoms with E-state index < -0.39 is 0 Å². The summed E-state index contributed by atoms with van der Waals surface area (Å²) < 4.78 is 4.78. The molecule has 0 heterocycles. The van der Waals surface area contributed by atoms with Crippen LogP contribution in [-0.2, 0) is 9.53 Å². The van der Waals surface area contributed by atoms with Gasteiger partial charge >= 0.3 is 5.97 Å². The molecule has 6 rings (SSSR count). The lowest BCUT2D eigenvalue weighted by Crippen LogP contribution is -3.07. The minimum absolute atomic E-state index is 0.180. The molecule has 0 aromatic carbocycles. The van der Waals surface area contributed by atoms with Crippen molar-refractivity contribution in [3.05, 3.63) is 0 Å². The van der Waals surface area contributed by atoms with Gasteiger partial charge in [0.2, 0.25) is 0 Å². The van der Waals surface area contributed by atoms with Crippen molar-refractivity contribution >= 4 is 5.97 Å². The predicted molar refractivity (Wildman–Crippen MR) is 46.9 cm³/mol. The Bertz CT molecular complexity index is 340. The minimum Gasteiger partial charge on any atom is -0.468 e. The smallest absolute Gasteiger partial charge is 0.323 e. The number of methoxy groups -OCH3 is 1. The second kappa shape index (κ2) is 1.45. The fourth-order valence-electron chi connectivity index (χ4n) is 6.47. The van der Waals surface area contributed by atoms with E-state index in [1.165, 1.54) is 7.11 Å². The summed E-state index contributed by atoms with van der Waals surface area (Å²) in [5.74, 6) is 6.38. The van der Waals surface area contributed by atoms with E-state index in [1.54, 1.807) is 0 Å². The maximum Gasteiger partial charge on any atom is 0.323 e. The zero-order valence-corrected chi connectivity index (χ0v) is 8.01. The average molecular weight is 191 g/mol. The lowest BCUT2D eigenvalue weighted by atomic mass is 8.96. The van der Waals surface area contributed by atoms with Gasteiger partial charge in [0.05, 0.1) is 7.11 Å². The van der Waals surface area contributed by atoms with Crippen LogP contribution in [0.5, 0.6) is 0 Å². The number of hydrogen-bond acceptors (Lipinski definition) is 3. The number of carbonyl (C=O) groups excluding carboxylic acids is 1. The molecule has 0 unspecified atom stereocenters. The molecule has 0 spiro atoms. The number of nitrogens with two attached hydrogens (primary N) is 1. The van der Waals surface area contributed by atoms with Gasteiger partial charge in [-0.3, -0.25) is 4.79 Å². The average Bonchev–Trinajstić information content (AvgIpc) is 2.27. The van der Waals surface area contributed by atoms with Crippen LogP contribution in [0.2, 0.25) is 0 Å². The van der Waals surface area contributed by atoms with Crippen molar-refractivity contribution in [3.8, 4) is 0 Å². The van der Waals surface area contributed by atoms with E-state index in [2.05, 4.69) is 0 Å². The van der Waals surface area contributed by atoms with Gasteiger partial charge in [0.25, 0.3) is 0 Å². The third-order valence-corrected chi connectivity index (χ3v) is 6.55. The topological polar surface area (TPSA) is 52.3 Å². The molecule has 6 fully saturated rings. The van der Waals surface area contributed by atoms with Gasteiger partial charge < -0.3 is 10.5 Å². The first kappa shape index (κ1) is 6.83. The van der Waals surface area contributed by atoms with Gasteiger partial charge in [-0.15, -0.1) is 0 Å². The molecule has 6 aliphatic carbocycles. The normalized spacial score (nSPS) is 74.0. The quantitative estimate of drug-likeness (QED) is 0.618. The maximum absolute atomic E-state index is 11.5. The van der Waals surface area contributed by atoms with Crippen LogP contribution < -0.4 is 5.73 Å². The van der Waals surface area contributed by atoms with E-state index in [4.69, 9.17) is 10.5 Å². The van der Waals surface area contributed by atoms with Crippen LogP contribution in [0.15, 0.2) is 0 Å². The van der Waals surface area contributed by atoms with Crippen molar-refractivity contribution in [3.63, 3.8) is 0 Å². The maximum atomic E-state index is 11.5. The summed E-state index contributed by atoms with van der Waals surface area (Å²) in [5.41, 5.74) is 6.30. The Labute approximate surface area is 82.0 Å². The predicted octanol–water partition coefficient (Wildman–Crippen LogP) is -0.146. The first-order valence-electron chi connectivity index (χ1n) is 5.59. The Hall–Kier alpha value is -0.570. The highest BCUT2D eigenvalue weighted by molar-refractivity contribution is 5.79. The Kier molecular flexibility index (Phi) is 0.709. The molecule has 74 valence electrons. The van der Waals surface area contributed by atoms with Gasteiger partial charge in [-0.05, 0) is 41.4 Å². The molecule has 0 aliphatic heterocycles. The van der Waals surface area contributed by atoms with E-state index in [0.29, 0.717) is 0 Å². The molecule has 2 N–H and O–H groups in total. The van der Waals surface area contributed by atoms with Crippen LogP contribution in [0.25, 0.3) is 0 Å². The Balaban J connectivity index is 1.54. The molecule has 3 heteroatoms. The summed E-state index contributed by atoms with van der Waals surface area (Å²) in [5, 5.41) is 0. The van der Waals surface area contributed by atoms with Crippen LogP contribution in [0.4, 0.5) is 0 Å². The molecule has 6 saturated carbocycles. The van der Waals surface area contributed by atoms with Crippen molar-refractivity contribution in [1.29, 1.82) is 0 Å². The first-order valence-corrected chi connectivity index (χ1v) is 5.59. The Morgan fingerprint density at radius 3 is 2.14 bits per heavy atom. The van der Waals surface area contributed by atoms with Gasteiger partial charge in [-0.2, -0.15) is 0 Å². The molecule has 3 nitrogen and oxygen atoms in total. The van der Waals surface area contributed by atoms with Crippen molar-refractivity contribution in [2.45, 2.75) is 6.04 Å². The minimum atomic E-state index is -0.308. The summed E-state index contributed by atoms with van der Waals surface area (Å²) >= 11 is 0. The van der Waals surface area contributed by atoms with Crippen molar-refractivity contribution in [2.24, 2.45) is 52.6 Å². The van der Waals surface area contributed by atoms with E-state index in [-0.39, 0.29) is 17.4 Å². The van der Waals surface area contributed by atoms with Crippen LogP contribution in [0, 0.1) is 46.8 Å². The monoisotopic (exact) mass is 191 g/mol. The lowest BCUT2D eigenvalue weighted by molar-refractivity contribution is -0.616. The first-order chi connectivity index (χ1) is 6.76. The van der Waals surface area contributed by atoms with E-state index in [0.717, 1.165) is 41.4 Å². The molecule has 1 atom stereocenters. The second-order valence-electron chi connectivity index (χ2n) is 5.89. The molecule has 6 aliphatic rings. The van der Waals surface area contributed by atoms with Gasteiger partial charge in [0.15, 0.2) is 0 Å². The SMILES string of the molecule is COC(=O)[C@@H](N)C12C3C4C5C3C1C5C42. The van der Waals surface area contributed by atoms with Crippen LogP contribution >= 0.6 is 0 Å². The second-order valence-corrected chi connectivity index (χ2v) is 5.89. The molecule has 0 aromatic heterocycles. The van der Waals surface area contributed by atoms with E-state index in [1.807, 2.05) is 0 Å². The molecule has 0 bridgehead atoms. The van der Waals surface area contributed by atoms with Gasteiger partial charge in [-0.25, -0.2) is 0 Å². The van der Waals surface area contributed by atoms with E-state index in [9.17, 15) is 4.79 Å². The molecular weight excluding hydrogens is 178 g/mol. The number of carbonyl (C=O) groups is 1. The number of esters is 1. The Morgan fingerprint density at radius 2 is 1.71 bits per heavy atom. The third-order valence-electron chi connectivity index (χ3n) is 6.55. The molecular formula is C11H13NO2. The van der Waals surface area contributed by atoms with Crippen molar-refractivity contribution in [2.75, 3.05) is 7.11 Å². The molecule has 0 aromatic rings. The summed E-state index contributed by atoms with van der Waals surface area (Å²) in [6.07, 6.45) is 0. The summed E-state index contributed by atoms with van der Waals surface area (Å²) in [6.45, 7) is 0. The van der Waals surface area contributed by atoms with Crippen molar-refractivity contribution in [1.82, 2.24) is 0 Å². The third kappa shape index (κ3) is 0.290. The molecule has 14 heavy (non-hydrogen) atoms.